The SMILES string of the molecule is Cc1cc(C)cc(N(C(C)C(=O)NCCOc2ccccc2C)S(C)(=O)=O)c1. The van der Waals surface area contributed by atoms with E-state index in [2.05, 4.69) is 5.32 Å². The fourth-order valence-electron chi connectivity index (χ4n) is 3.09. The van der Waals surface area contributed by atoms with Crippen LogP contribution >= 0.6 is 0 Å². The first kappa shape index (κ1) is 21.8. The van der Waals surface area contributed by atoms with Crippen LogP contribution in [0.25, 0.3) is 0 Å². The average molecular weight is 405 g/mol. The summed E-state index contributed by atoms with van der Waals surface area (Å²) < 4.78 is 31.6. The number of ether oxygens (including phenoxy) is 1. The fourth-order valence-corrected chi connectivity index (χ4v) is 4.25. The zero-order valence-electron chi connectivity index (χ0n) is 17.0. The van der Waals surface area contributed by atoms with E-state index in [4.69, 9.17) is 4.74 Å². The molecule has 0 saturated carbocycles. The molecule has 0 bridgehead atoms. The van der Waals surface area contributed by atoms with Gasteiger partial charge in [-0.1, -0.05) is 24.3 Å². The normalized spacial score (nSPS) is 12.3. The molecule has 0 aliphatic rings. The second-order valence-electron chi connectivity index (χ2n) is 6.99. The van der Waals surface area contributed by atoms with Gasteiger partial charge in [-0.15, -0.1) is 0 Å². The maximum atomic E-state index is 12.6. The van der Waals surface area contributed by atoms with Crippen molar-refractivity contribution in [1.29, 1.82) is 0 Å². The molecule has 7 heteroatoms. The second-order valence-corrected chi connectivity index (χ2v) is 8.85. The zero-order chi connectivity index (χ0) is 20.9. The smallest absolute Gasteiger partial charge is 0.243 e. The molecular weight excluding hydrogens is 376 g/mol. The van der Waals surface area contributed by atoms with Crippen LogP contribution in [0.4, 0.5) is 5.69 Å². The minimum absolute atomic E-state index is 0.280. The van der Waals surface area contributed by atoms with E-state index in [9.17, 15) is 13.2 Å². The monoisotopic (exact) mass is 404 g/mol. The van der Waals surface area contributed by atoms with Crippen molar-refractivity contribution >= 4 is 21.6 Å². The summed E-state index contributed by atoms with van der Waals surface area (Å²) in [7, 11) is -3.63. The number of anilines is 1. The van der Waals surface area contributed by atoms with Crippen LogP contribution in [-0.2, 0) is 14.8 Å². The van der Waals surface area contributed by atoms with Gasteiger partial charge >= 0.3 is 0 Å². The molecule has 1 atom stereocenters. The largest absolute Gasteiger partial charge is 0.491 e. The van der Waals surface area contributed by atoms with Crippen molar-refractivity contribution in [2.45, 2.75) is 33.7 Å². The van der Waals surface area contributed by atoms with Crippen molar-refractivity contribution < 1.29 is 17.9 Å². The maximum absolute atomic E-state index is 12.6. The predicted molar refractivity (Wildman–Crippen MR) is 112 cm³/mol. The van der Waals surface area contributed by atoms with E-state index in [1.165, 1.54) is 0 Å². The van der Waals surface area contributed by atoms with Gasteiger partial charge in [0, 0.05) is 0 Å². The van der Waals surface area contributed by atoms with E-state index in [-0.39, 0.29) is 12.5 Å². The lowest BCUT2D eigenvalue weighted by Gasteiger charge is -2.28. The highest BCUT2D eigenvalue weighted by Crippen LogP contribution is 2.24. The molecule has 6 nitrogen and oxygen atoms in total. The van der Waals surface area contributed by atoms with Crippen LogP contribution in [0.5, 0.6) is 5.75 Å². The molecule has 0 aromatic heterocycles. The van der Waals surface area contributed by atoms with Crippen LogP contribution in [0.15, 0.2) is 42.5 Å². The van der Waals surface area contributed by atoms with Gasteiger partial charge in [-0.2, -0.15) is 0 Å². The standard InChI is InChI=1S/C21H28N2O4S/c1-15-12-16(2)14-19(13-15)23(28(5,25)26)18(4)21(24)22-10-11-27-20-9-7-6-8-17(20)3/h6-9,12-14,18H,10-11H2,1-5H3,(H,22,24). The van der Waals surface area contributed by atoms with Crippen LogP contribution in [0.3, 0.4) is 0 Å². The molecule has 0 aliphatic carbocycles. The van der Waals surface area contributed by atoms with Gasteiger partial charge in [0.25, 0.3) is 0 Å². The zero-order valence-corrected chi connectivity index (χ0v) is 17.8. The number of amides is 1. The van der Waals surface area contributed by atoms with E-state index in [0.717, 1.165) is 33.0 Å². The van der Waals surface area contributed by atoms with E-state index in [0.29, 0.717) is 12.3 Å². The first-order valence-corrected chi connectivity index (χ1v) is 11.0. The number of nitrogens with zero attached hydrogens (tertiary/aromatic N) is 1. The Morgan fingerprint density at radius 3 is 2.29 bits per heavy atom. The Labute approximate surface area is 167 Å². The molecule has 0 saturated heterocycles. The van der Waals surface area contributed by atoms with E-state index < -0.39 is 16.1 Å². The van der Waals surface area contributed by atoms with Crippen LogP contribution in [-0.4, -0.2) is 39.8 Å². The highest BCUT2D eigenvalue weighted by Gasteiger charge is 2.29. The number of hydrogen-bond acceptors (Lipinski definition) is 4. The van der Waals surface area contributed by atoms with Crippen molar-refractivity contribution in [3.05, 3.63) is 59.2 Å². The molecule has 0 spiro atoms. The molecular formula is C21H28N2O4S. The summed E-state index contributed by atoms with van der Waals surface area (Å²) in [5.41, 5.74) is 3.37. The Kier molecular flexibility index (Phi) is 7.07. The molecule has 1 amide bonds. The summed E-state index contributed by atoms with van der Waals surface area (Å²) in [5.74, 6) is 0.385. The molecule has 0 fully saturated rings. The molecule has 0 heterocycles. The van der Waals surface area contributed by atoms with E-state index in [1.807, 2.05) is 51.1 Å². The van der Waals surface area contributed by atoms with Gasteiger partial charge in [0.15, 0.2) is 0 Å². The Bertz CT molecular complexity index is 921. The lowest BCUT2D eigenvalue weighted by Crippen LogP contribution is -2.48. The number of para-hydroxylation sites is 1. The van der Waals surface area contributed by atoms with Crippen molar-refractivity contribution in [2.24, 2.45) is 0 Å². The van der Waals surface area contributed by atoms with Crippen molar-refractivity contribution in [1.82, 2.24) is 5.32 Å². The molecule has 0 radical (unpaired) electrons. The lowest BCUT2D eigenvalue weighted by molar-refractivity contribution is -0.121. The Morgan fingerprint density at radius 1 is 1.11 bits per heavy atom. The number of sulfonamides is 1. The summed E-state index contributed by atoms with van der Waals surface area (Å²) in [6.07, 6.45) is 1.11. The minimum atomic E-state index is -3.63. The number of benzene rings is 2. The second kappa shape index (κ2) is 9.10. The number of rotatable bonds is 8. The number of hydrogen-bond donors (Lipinski definition) is 1. The molecule has 0 aliphatic heterocycles. The third-order valence-corrected chi connectivity index (χ3v) is 5.54. The van der Waals surface area contributed by atoms with E-state index >= 15 is 0 Å². The van der Waals surface area contributed by atoms with Gasteiger partial charge in [0.05, 0.1) is 18.5 Å². The number of carbonyl (C=O) groups excluding carboxylic acids is 1. The first-order valence-electron chi connectivity index (χ1n) is 9.13. The van der Waals surface area contributed by atoms with E-state index in [1.54, 1.807) is 19.1 Å². The fraction of sp³-hybridized carbons (Fsp3) is 0.381. The molecule has 2 aromatic carbocycles. The van der Waals surface area contributed by atoms with Crippen molar-refractivity contribution in [3.8, 4) is 5.75 Å². The molecule has 28 heavy (non-hydrogen) atoms. The third-order valence-electron chi connectivity index (χ3n) is 4.30. The number of carbonyl (C=O) groups is 1. The van der Waals surface area contributed by atoms with Crippen LogP contribution in [0.1, 0.15) is 23.6 Å². The summed E-state index contributed by atoms with van der Waals surface area (Å²) in [6, 6.07) is 12.2. The summed E-state index contributed by atoms with van der Waals surface area (Å²) in [5, 5.41) is 2.75. The highest BCUT2D eigenvalue weighted by molar-refractivity contribution is 7.92. The van der Waals surface area contributed by atoms with Crippen molar-refractivity contribution in [3.63, 3.8) is 0 Å². The van der Waals surface area contributed by atoms with Gasteiger partial charge < -0.3 is 10.1 Å². The summed E-state index contributed by atoms with van der Waals surface area (Å²) in [4.78, 5) is 12.6. The van der Waals surface area contributed by atoms with Gasteiger partial charge in [-0.3, -0.25) is 9.10 Å². The predicted octanol–water partition coefficient (Wildman–Crippen LogP) is 2.96. The first-order chi connectivity index (χ1) is 13.1. The highest BCUT2D eigenvalue weighted by atomic mass is 32.2. The topological polar surface area (TPSA) is 75.7 Å². The van der Waals surface area contributed by atoms with Crippen LogP contribution in [0, 0.1) is 20.8 Å². The summed E-state index contributed by atoms with van der Waals surface area (Å²) in [6.45, 7) is 7.89. The van der Waals surface area contributed by atoms with Crippen LogP contribution < -0.4 is 14.4 Å². The maximum Gasteiger partial charge on any atom is 0.243 e. The lowest BCUT2D eigenvalue weighted by atomic mass is 10.1. The van der Waals surface area contributed by atoms with Gasteiger partial charge in [-0.05, 0) is 62.6 Å². The van der Waals surface area contributed by atoms with Gasteiger partial charge in [-0.25, -0.2) is 8.42 Å². The van der Waals surface area contributed by atoms with Crippen LogP contribution in [0.2, 0.25) is 0 Å². The quantitative estimate of drug-likeness (QED) is 0.687. The van der Waals surface area contributed by atoms with Crippen molar-refractivity contribution in [2.75, 3.05) is 23.7 Å². The molecule has 2 aromatic rings. The Balaban J connectivity index is 2.04. The number of aryl methyl sites for hydroxylation is 3. The van der Waals surface area contributed by atoms with Gasteiger partial charge in [0.2, 0.25) is 15.9 Å². The number of nitrogens with one attached hydrogen (secondary N) is 1. The Hall–Kier alpha value is -2.54. The molecule has 2 rings (SSSR count). The van der Waals surface area contributed by atoms with Gasteiger partial charge in [0.1, 0.15) is 18.4 Å². The molecule has 1 unspecified atom stereocenters. The average Bonchev–Trinajstić information content (AvgIpc) is 2.58. The summed E-state index contributed by atoms with van der Waals surface area (Å²) >= 11 is 0. The minimum Gasteiger partial charge on any atom is -0.491 e. The third kappa shape index (κ3) is 5.73. The molecule has 152 valence electrons. The Morgan fingerprint density at radius 2 is 1.71 bits per heavy atom. The molecule has 1 N–H and O–H groups in total.